The van der Waals surface area contributed by atoms with Gasteiger partial charge in [0.25, 0.3) is 5.91 Å². The molecule has 0 heterocycles. The van der Waals surface area contributed by atoms with Crippen LogP contribution in [0.15, 0.2) is 24.3 Å². The standard InChI is InChI=1S/C16H26N2O3S/c1-4-11-18(12-5-2)16(19)15-9-7-14(8-10-15)13-17-22(20,21)6-3/h7-10,17H,4-6,11-13H2,1-3H3. The van der Waals surface area contributed by atoms with Crippen LogP contribution in [-0.4, -0.2) is 38.1 Å². The number of carbonyl (C=O) groups is 1. The van der Waals surface area contributed by atoms with E-state index < -0.39 is 10.0 Å². The van der Waals surface area contributed by atoms with Gasteiger partial charge in [0, 0.05) is 25.2 Å². The van der Waals surface area contributed by atoms with Crippen LogP contribution in [0.25, 0.3) is 0 Å². The van der Waals surface area contributed by atoms with Crippen molar-refractivity contribution in [3.8, 4) is 0 Å². The summed E-state index contributed by atoms with van der Waals surface area (Å²) in [5, 5.41) is 0. The molecule has 6 heteroatoms. The smallest absolute Gasteiger partial charge is 0.253 e. The molecule has 0 bridgehead atoms. The van der Waals surface area contributed by atoms with Crippen LogP contribution in [0.5, 0.6) is 0 Å². The van der Waals surface area contributed by atoms with Crippen LogP contribution < -0.4 is 4.72 Å². The van der Waals surface area contributed by atoms with E-state index in [9.17, 15) is 13.2 Å². The van der Waals surface area contributed by atoms with Gasteiger partial charge in [0.1, 0.15) is 0 Å². The molecule has 0 aliphatic carbocycles. The van der Waals surface area contributed by atoms with Crippen molar-refractivity contribution in [2.24, 2.45) is 0 Å². The quantitative estimate of drug-likeness (QED) is 0.758. The first-order valence-corrected chi connectivity index (χ1v) is 9.44. The Balaban J connectivity index is 2.72. The van der Waals surface area contributed by atoms with E-state index in [1.807, 2.05) is 4.90 Å². The van der Waals surface area contributed by atoms with E-state index in [0.29, 0.717) is 5.56 Å². The summed E-state index contributed by atoms with van der Waals surface area (Å²) in [5.41, 5.74) is 1.48. The predicted octanol–water partition coefficient (Wildman–Crippen LogP) is 2.39. The summed E-state index contributed by atoms with van der Waals surface area (Å²) in [5.74, 6) is 0.0939. The molecule has 0 saturated heterocycles. The Kier molecular flexibility index (Phi) is 7.55. The normalized spacial score (nSPS) is 11.4. The third kappa shape index (κ3) is 5.77. The van der Waals surface area contributed by atoms with E-state index >= 15 is 0 Å². The minimum atomic E-state index is -3.20. The summed E-state index contributed by atoms with van der Waals surface area (Å²) < 4.78 is 25.3. The molecule has 124 valence electrons. The molecule has 0 fully saturated rings. The Morgan fingerprint density at radius 3 is 2.05 bits per heavy atom. The van der Waals surface area contributed by atoms with Gasteiger partial charge in [0.2, 0.25) is 10.0 Å². The maximum atomic E-state index is 12.4. The molecule has 1 rings (SSSR count). The van der Waals surface area contributed by atoms with E-state index in [1.165, 1.54) is 0 Å². The van der Waals surface area contributed by atoms with Crippen molar-refractivity contribution in [3.05, 3.63) is 35.4 Å². The molecule has 0 radical (unpaired) electrons. The van der Waals surface area contributed by atoms with Crippen molar-refractivity contribution in [2.75, 3.05) is 18.8 Å². The Morgan fingerprint density at radius 1 is 1.05 bits per heavy atom. The number of carbonyl (C=O) groups excluding carboxylic acids is 1. The first kappa shape index (κ1) is 18.6. The minimum Gasteiger partial charge on any atom is -0.339 e. The van der Waals surface area contributed by atoms with Crippen molar-refractivity contribution in [1.29, 1.82) is 0 Å². The first-order valence-electron chi connectivity index (χ1n) is 7.79. The monoisotopic (exact) mass is 326 g/mol. The summed E-state index contributed by atoms with van der Waals surface area (Å²) >= 11 is 0. The summed E-state index contributed by atoms with van der Waals surface area (Å²) in [7, 11) is -3.20. The number of amides is 1. The van der Waals surface area contributed by atoms with Gasteiger partial charge >= 0.3 is 0 Å². The van der Waals surface area contributed by atoms with Crippen molar-refractivity contribution < 1.29 is 13.2 Å². The molecule has 1 aromatic carbocycles. The average Bonchev–Trinajstić information content (AvgIpc) is 2.53. The second-order valence-electron chi connectivity index (χ2n) is 5.21. The lowest BCUT2D eigenvalue weighted by atomic mass is 10.1. The SMILES string of the molecule is CCCN(CCC)C(=O)c1ccc(CNS(=O)(=O)CC)cc1. The molecule has 5 nitrogen and oxygen atoms in total. The molecule has 0 aromatic heterocycles. The Morgan fingerprint density at radius 2 is 1.59 bits per heavy atom. The maximum Gasteiger partial charge on any atom is 0.253 e. The molecule has 1 aromatic rings. The third-order valence-corrected chi connectivity index (χ3v) is 4.70. The van der Waals surface area contributed by atoms with Crippen LogP contribution in [0.2, 0.25) is 0 Å². The van der Waals surface area contributed by atoms with E-state index in [1.54, 1.807) is 31.2 Å². The Bertz CT molecular complexity index is 562. The predicted molar refractivity (Wildman–Crippen MR) is 89.2 cm³/mol. The molecule has 0 aliphatic rings. The van der Waals surface area contributed by atoms with Crippen molar-refractivity contribution in [1.82, 2.24) is 9.62 Å². The lowest BCUT2D eigenvalue weighted by Crippen LogP contribution is -2.32. The zero-order valence-electron chi connectivity index (χ0n) is 13.6. The molecule has 1 amide bonds. The van der Waals surface area contributed by atoms with Crippen LogP contribution in [0.3, 0.4) is 0 Å². The Hall–Kier alpha value is -1.40. The van der Waals surface area contributed by atoms with Gasteiger partial charge in [0.15, 0.2) is 0 Å². The number of nitrogens with one attached hydrogen (secondary N) is 1. The van der Waals surface area contributed by atoms with Crippen LogP contribution in [-0.2, 0) is 16.6 Å². The topological polar surface area (TPSA) is 66.5 Å². The molecule has 22 heavy (non-hydrogen) atoms. The van der Waals surface area contributed by atoms with Crippen LogP contribution in [0.4, 0.5) is 0 Å². The number of hydrogen-bond acceptors (Lipinski definition) is 3. The molecule has 0 saturated carbocycles. The van der Waals surface area contributed by atoms with E-state index in [-0.39, 0.29) is 18.2 Å². The van der Waals surface area contributed by atoms with Crippen LogP contribution in [0.1, 0.15) is 49.5 Å². The van der Waals surface area contributed by atoms with Crippen molar-refractivity contribution >= 4 is 15.9 Å². The number of benzene rings is 1. The molecule has 0 spiro atoms. The summed E-state index contributed by atoms with van der Waals surface area (Å²) in [6.07, 6.45) is 1.87. The van der Waals surface area contributed by atoms with Crippen molar-refractivity contribution in [3.63, 3.8) is 0 Å². The highest BCUT2D eigenvalue weighted by Crippen LogP contribution is 2.09. The molecule has 0 atom stereocenters. The van der Waals surface area contributed by atoms with E-state index in [4.69, 9.17) is 0 Å². The molecule has 1 N–H and O–H groups in total. The highest BCUT2D eigenvalue weighted by Gasteiger charge is 2.14. The fraction of sp³-hybridized carbons (Fsp3) is 0.562. The fourth-order valence-electron chi connectivity index (χ4n) is 2.10. The largest absolute Gasteiger partial charge is 0.339 e. The van der Waals surface area contributed by atoms with Gasteiger partial charge in [-0.3, -0.25) is 4.79 Å². The average molecular weight is 326 g/mol. The number of rotatable bonds is 9. The number of sulfonamides is 1. The summed E-state index contributed by atoms with van der Waals surface area (Å²) in [6.45, 7) is 7.46. The van der Waals surface area contributed by atoms with Gasteiger partial charge in [-0.1, -0.05) is 26.0 Å². The number of nitrogens with zero attached hydrogens (tertiary/aromatic N) is 1. The lowest BCUT2D eigenvalue weighted by molar-refractivity contribution is 0.0755. The molecular weight excluding hydrogens is 300 g/mol. The zero-order chi connectivity index (χ0) is 16.6. The van der Waals surface area contributed by atoms with Gasteiger partial charge in [0.05, 0.1) is 5.75 Å². The maximum absolute atomic E-state index is 12.4. The highest BCUT2D eigenvalue weighted by atomic mass is 32.2. The van der Waals surface area contributed by atoms with Gasteiger partial charge in [-0.05, 0) is 37.5 Å². The third-order valence-electron chi connectivity index (χ3n) is 3.35. The van der Waals surface area contributed by atoms with Gasteiger partial charge in [-0.15, -0.1) is 0 Å². The van der Waals surface area contributed by atoms with Gasteiger partial charge in [-0.2, -0.15) is 0 Å². The second-order valence-corrected chi connectivity index (χ2v) is 7.31. The summed E-state index contributed by atoms with van der Waals surface area (Å²) in [6, 6.07) is 7.11. The second kappa shape index (κ2) is 8.90. The summed E-state index contributed by atoms with van der Waals surface area (Å²) in [4.78, 5) is 14.3. The van der Waals surface area contributed by atoms with Gasteiger partial charge < -0.3 is 4.90 Å². The molecule has 0 aliphatic heterocycles. The zero-order valence-corrected chi connectivity index (χ0v) is 14.4. The van der Waals surface area contributed by atoms with E-state index in [0.717, 1.165) is 31.5 Å². The minimum absolute atomic E-state index is 0.0318. The van der Waals surface area contributed by atoms with Crippen molar-refractivity contribution in [2.45, 2.75) is 40.2 Å². The van der Waals surface area contributed by atoms with E-state index in [2.05, 4.69) is 18.6 Å². The lowest BCUT2D eigenvalue weighted by Gasteiger charge is -2.21. The molecule has 0 unspecified atom stereocenters. The Labute approximate surface area is 133 Å². The van der Waals surface area contributed by atoms with Crippen LogP contribution in [0, 0.1) is 0 Å². The molecular formula is C16H26N2O3S. The first-order chi connectivity index (χ1) is 10.4. The van der Waals surface area contributed by atoms with Gasteiger partial charge in [-0.25, -0.2) is 13.1 Å². The highest BCUT2D eigenvalue weighted by molar-refractivity contribution is 7.89. The number of hydrogen-bond donors (Lipinski definition) is 1. The fourth-order valence-corrected chi connectivity index (χ4v) is 2.69. The van der Waals surface area contributed by atoms with Crippen LogP contribution >= 0.6 is 0 Å².